The largest absolute Gasteiger partial charge is 0.478 e. The summed E-state index contributed by atoms with van der Waals surface area (Å²) in [6, 6.07) is 6.74. The van der Waals surface area contributed by atoms with Crippen molar-refractivity contribution >= 4 is 33.4 Å². The Morgan fingerprint density at radius 3 is 2.57 bits per heavy atom. The molecule has 9 heteroatoms. The van der Waals surface area contributed by atoms with Crippen molar-refractivity contribution in [2.75, 3.05) is 4.72 Å². The number of sulfonamides is 1. The molecule has 0 aliphatic heterocycles. The van der Waals surface area contributed by atoms with Crippen LogP contribution in [0.2, 0.25) is 5.15 Å². The zero-order chi connectivity index (χ0) is 15.6. The number of nitrogens with one attached hydrogen (secondary N) is 1. The first kappa shape index (κ1) is 15.2. The third-order valence-corrected chi connectivity index (χ3v) is 4.02. The molecule has 0 atom stereocenters. The molecular formula is C12H8ClFN2O4S. The van der Waals surface area contributed by atoms with Crippen molar-refractivity contribution in [1.82, 2.24) is 4.98 Å². The minimum absolute atomic E-state index is 0.0666. The normalized spacial score (nSPS) is 11.1. The molecule has 21 heavy (non-hydrogen) atoms. The van der Waals surface area contributed by atoms with Crippen LogP contribution in [0.5, 0.6) is 0 Å². The number of hydrogen-bond acceptors (Lipinski definition) is 4. The van der Waals surface area contributed by atoms with E-state index in [9.17, 15) is 17.6 Å². The number of rotatable bonds is 4. The van der Waals surface area contributed by atoms with Gasteiger partial charge in [0.25, 0.3) is 10.0 Å². The third-order valence-electron chi connectivity index (χ3n) is 2.42. The van der Waals surface area contributed by atoms with E-state index in [1.54, 1.807) is 0 Å². The van der Waals surface area contributed by atoms with Crippen LogP contribution in [0.3, 0.4) is 0 Å². The number of carboxylic acids is 1. The maximum atomic E-state index is 13.8. The lowest BCUT2D eigenvalue weighted by molar-refractivity contribution is 0.0696. The Kier molecular flexibility index (Phi) is 4.10. The molecule has 0 spiro atoms. The predicted octanol–water partition coefficient (Wildman–Crippen LogP) is 2.37. The maximum Gasteiger partial charge on any atom is 0.335 e. The molecule has 1 aromatic heterocycles. The van der Waals surface area contributed by atoms with E-state index in [1.807, 2.05) is 0 Å². The van der Waals surface area contributed by atoms with Crippen LogP contribution in [-0.4, -0.2) is 24.5 Å². The molecule has 2 N–H and O–H groups in total. The molecule has 0 unspecified atom stereocenters. The van der Waals surface area contributed by atoms with E-state index >= 15 is 0 Å². The summed E-state index contributed by atoms with van der Waals surface area (Å²) in [5.74, 6) is -2.61. The Labute approximate surface area is 124 Å². The molecule has 0 saturated carbocycles. The molecule has 0 bridgehead atoms. The highest BCUT2D eigenvalue weighted by Crippen LogP contribution is 2.20. The van der Waals surface area contributed by atoms with Crippen LogP contribution in [0.4, 0.5) is 10.2 Å². The number of benzene rings is 1. The van der Waals surface area contributed by atoms with Crippen LogP contribution in [0.1, 0.15) is 10.4 Å². The summed E-state index contributed by atoms with van der Waals surface area (Å²) < 4.78 is 39.9. The second kappa shape index (κ2) is 5.66. The second-order valence-corrected chi connectivity index (χ2v) is 5.94. The minimum Gasteiger partial charge on any atom is -0.478 e. The molecule has 0 amide bonds. The van der Waals surface area contributed by atoms with Crippen LogP contribution < -0.4 is 4.72 Å². The number of hydrogen-bond donors (Lipinski definition) is 2. The standard InChI is InChI=1S/C12H8ClFN2O4S/c13-10-2-1-3-11(15-10)16-21(19,20)9-5-4-7(12(17)18)6-8(9)14/h1-6H,(H,15,16)(H,17,18). The smallest absolute Gasteiger partial charge is 0.335 e. The lowest BCUT2D eigenvalue weighted by atomic mass is 10.2. The van der Waals surface area contributed by atoms with E-state index in [4.69, 9.17) is 16.7 Å². The zero-order valence-corrected chi connectivity index (χ0v) is 11.8. The third kappa shape index (κ3) is 3.47. The topological polar surface area (TPSA) is 96.4 Å². The lowest BCUT2D eigenvalue weighted by Gasteiger charge is -2.08. The van der Waals surface area contributed by atoms with Gasteiger partial charge in [0, 0.05) is 0 Å². The Bertz CT molecular complexity index is 811. The lowest BCUT2D eigenvalue weighted by Crippen LogP contribution is -2.16. The number of pyridine rings is 1. The average molecular weight is 331 g/mol. The molecule has 0 aliphatic rings. The number of aromatic carboxylic acids is 1. The van der Waals surface area contributed by atoms with Crippen LogP contribution >= 0.6 is 11.6 Å². The Hall–Kier alpha value is -2.19. The molecule has 0 aliphatic carbocycles. The van der Waals surface area contributed by atoms with Crippen LogP contribution in [-0.2, 0) is 10.0 Å². The van der Waals surface area contributed by atoms with Gasteiger partial charge in [-0.3, -0.25) is 4.72 Å². The van der Waals surface area contributed by atoms with E-state index in [1.165, 1.54) is 18.2 Å². The van der Waals surface area contributed by atoms with E-state index in [0.717, 1.165) is 12.1 Å². The Morgan fingerprint density at radius 1 is 1.29 bits per heavy atom. The van der Waals surface area contributed by atoms with Gasteiger partial charge in [-0.05, 0) is 30.3 Å². The minimum atomic E-state index is -4.24. The fourth-order valence-electron chi connectivity index (χ4n) is 1.51. The van der Waals surface area contributed by atoms with Crippen LogP contribution in [0, 0.1) is 5.82 Å². The first-order chi connectivity index (χ1) is 9.79. The number of aromatic nitrogens is 1. The molecule has 1 aromatic carbocycles. The summed E-state index contributed by atoms with van der Waals surface area (Å²) in [5, 5.41) is 8.78. The molecule has 0 radical (unpaired) electrons. The first-order valence-corrected chi connectivity index (χ1v) is 7.34. The maximum absolute atomic E-state index is 13.8. The Balaban J connectivity index is 2.38. The Morgan fingerprint density at radius 2 is 2.00 bits per heavy atom. The summed E-state index contributed by atoms with van der Waals surface area (Å²) in [6.45, 7) is 0. The van der Waals surface area contributed by atoms with Crippen molar-refractivity contribution < 1.29 is 22.7 Å². The molecule has 2 rings (SSSR count). The number of anilines is 1. The highest BCUT2D eigenvalue weighted by Gasteiger charge is 2.21. The number of nitrogens with zero attached hydrogens (tertiary/aromatic N) is 1. The summed E-state index contributed by atoms with van der Waals surface area (Å²) in [4.78, 5) is 13.7. The summed E-state index contributed by atoms with van der Waals surface area (Å²) in [6.07, 6.45) is 0. The second-order valence-electron chi connectivity index (χ2n) is 3.90. The average Bonchev–Trinajstić information content (AvgIpc) is 2.37. The van der Waals surface area contributed by atoms with Crippen molar-refractivity contribution in [3.8, 4) is 0 Å². The van der Waals surface area contributed by atoms with Gasteiger partial charge in [-0.1, -0.05) is 17.7 Å². The molecule has 6 nitrogen and oxygen atoms in total. The van der Waals surface area contributed by atoms with Crippen molar-refractivity contribution in [2.24, 2.45) is 0 Å². The van der Waals surface area contributed by atoms with Gasteiger partial charge in [0.1, 0.15) is 21.7 Å². The van der Waals surface area contributed by atoms with Gasteiger partial charge < -0.3 is 5.11 Å². The van der Waals surface area contributed by atoms with E-state index in [2.05, 4.69) is 9.71 Å². The molecule has 0 fully saturated rings. The van der Waals surface area contributed by atoms with Gasteiger partial charge in [0.15, 0.2) is 0 Å². The number of halogens is 2. The molecular weight excluding hydrogens is 323 g/mol. The molecule has 1 heterocycles. The first-order valence-electron chi connectivity index (χ1n) is 5.48. The highest BCUT2D eigenvalue weighted by molar-refractivity contribution is 7.92. The molecule has 110 valence electrons. The highest BCUT2D eigenvalue weighted by atomic mass is 35.5. The van der Waals surface area contributed by atoms with Gasteiger partial charge in [0.05, 0.1) is 5.56 Å². The predicted molar refractivity (Wildman–Crippen MR) is 73.4 cm³/mol. The van der Waals surface area contributed by atoms with Gasteiger partial charge in [-0.2, -0.15) is 0 Å². The molecule has 0 saturated heterocycles. The van der Waals surface area contributed by atoms with Gasteiger partial charge in [0.2, 0.25) is 0 Å². The van der Waals surface area contributed by atoms with E-state index in [0.29, 0.717) is 6.07 Å². The van der Waals surface area contributed by atoms with E-state index < -0.39 is 26.7 Å². The van der Waals surface area contributed by atoms with Crippen LogP contribution in [0.25, 0.3) is 0 Å². The fourth-order valence-corrected chi connectivity index (χ4v) is 2.74. The molecule has 2 aromatic rings. The van der Waals surface area contributed by atoms with Crippen molar-refractivity contribution in [1.29, 1.82) is 0 Å². The fraction of sp³-hybridized carbons (Fsp3) is 0. The van der Waals surface area contributed by atoms with Gasteiger partial charge in [-0.25, -0.2) is 22.6 Å². The monoisotopic (exact) mass is 330 g/mol. The van der Waals surface area contributed by atoms with Gasteiger partial charge in [-0.15, -0.1) is 0 Å². The van der Waals surface area contributed by atoms with Crippen LogP contribution in [0.15, 0.2) is 41.3 Å². The van der Waals surface area contributed by atoms with Crippen molar-refractivity contribution in [2.45, 2.75) is 4.90 Å². The summed E-state index contributed by atoms with van der Waals surface area (Å²) in [5.41, 5.74) is -0.354. The van der Waals surface area contributed by atoms with Gasteiger partial charge >= 0.3 is 5.97 Å². The zero-order valence-electron chi connectivity index (χ0n) is 10.2. The van der Waals surface area contributed by atoms with Crippen molar-refractivity contribution in [3.05, 3.63) is 52.9 Å². The van der Waals surface area contributed by atoms with E-state index in [-0.39, 0.29) is 16.5 Å². The number of carbonyl (C=O) groups is 1. The summed E-state index contributed by atoms with van der Waals surface area (Å²) >= 11 is 5.62. The SMILES string of the molecule is O=C(O)c1ccc(S(=O)(=O)Nc2cccc(Cl)n2)c(F)c1. The van der Waals surface area contributed by atoms with Crippen molar-refractivity contribution in [3.63, 3.8) is 0 Å². The summed E-state index contributed by atoms with van der Waals surface area (Å²) in [7, 11) is -4.24. The number of carboxylic acid groups (broad SMARTS) is 1. The quantitative estimate of drug-likeness (QED) is 0.839.